The summed E-state index contributed by atoms with van der Waals surface area (Å²) in [7, 11) is 2.24. The molecule has 0 spiro atoms. The van der Waals surface area contributed by atoms with Crippen LogP contribution in [0.3, 0.4) is 0 Å². The van der Waals surface area contributed by atoms with Crippen molar-refractivity contribution < 1.29 is 9.53 Å². The summed E-state index contributed by atoms with van der Waals surface area (Å²) in [5, 5.41) is 3.23. The summed E-state index contributed by atoms with van der Waals surface area (Å²) >= 11 is 3.49. The van der Waals surface area contributed by atoms with Crippen LogP contribution >= 0.6 is 15.9 Å². The SMILES string of the molecule is CN(CCCNC(=O)C1(c2ccc(Br)cc2)CCOCC1)C1CCCCC1. The minimum Gasteiger partial charge on any atom is -0.381 e. The van der Waals surface area contributed by atoms with E-state index < -0.39 is 5.41 Å². The molecule has 1 aromatic carbocycles. The van der Waals surface area contributed by atoms with Crippen LogP contribution in [0.2, 0.25) is 0 Å². The Balaban J connectivity index is 1.53. The predicted octanol–water partition coefficient (Wildman–Crippen LogP) is 4.27. The Bertz CT molecular complexity index is 593. The molecule has 2 aliphatic rings. The van der Waals surface area contributed by atoms with Gasteiger partial charge in [-0.3, -0.25) is 4.79 Å². The largest absolute Gasteiger partial charge is 0.381 e. The fourth-order valence-corrected chi connectivity index (χ4v) is 4.80. The van der Waals surface area contributed by atoms with Gasteiger partial charge in [-0.15, -0.1) is 0 Å². The molecule has 1 saturated heterocycles. The molecule has 0 radical (unpaired) electrons. The van der Waals surface area contributed by atoms with Crippen molar-refractivity contribution >= 4 is 21.8 Å². The quantitative estimate of drug-likeness (QED) is 0.648. The number of rotatable bonds is 7. The van der Waals surface area contributed by atoms with Crippen molar-refractivity contribution in [1.29, 1.82) is 0 Å². The monoisotopic (exact) mass is 436 g/mol. The zero-order valence-corrected chi connectivity index (χ0v) is 18.1. The van der Waals surface area contributed by atoms with Crippen molar-refractivity contribution in [2.75, 3.05) is 33.4 Å². The fourth-order valence-electron chi connectivity index (χ4n) is 4.54. The van der Waals surface area contributed by atoms with E-state index in [1.807, 2.05) is 12.1 Å². The number of benzene rings is 1. The van der Waals surface area contributed by atoms with Crippen LogP contribution in [0.1, 0.15) is 56.9 Å². The first-order valence-electron chi connectivity index (χ1n) is 10.4. The molecule has 0 bridgehead atoms. The minimum absolute atomic E-state index is 0.161. The van der Waals surface area contributed by atoms with Gasteiger partial charge >= 0.3 is 0 Å². The Morgan fingerprint density at radius 2 is 1.85 bits per heavy atom. The third-order valence-corrected chi connectivity index (χ3v) is 6.88. The molecule has 27 heavy (non-hydrogen) atoms. The van der Waals surface area contributed by atoms with Gasteiger partial charge in [-0.2, -0.15) is 0 Å². The Labute approximate surface area is 172 Å². The molecule has 2 fully saturated rings. The summed E-state index contributed by atoms with van der Waals surface area (Å²) < 4.78 is 6.59. The lowest BCUT2D eigenvalue weighted by atomic mass is 9.73. The highest BCUT2D eigenvalue weighted by Crippen LogP contribution is 2.35. The maximum atomic E-state index is 13.2. The number of ether oxygens (including phenoxy) is 1. The highest BCUT2D eigenvalue weighted by atomic mass is 79.9. The fraction of sp³-hybridized carbons (Fsp3) is 0.682. The summed E-state index contributed by atoms with van der Waals surface area (Å²) in [4.78, 5) is 15.7. The number of hydrogen-bond donors (Lipinski definition) is 1. The maximum absolute atomic E-state index is 13.2. The van der Waals surface area contributed by atoms with Gasteiger partial charge in [0, 0.05) is 30.3 Å². The van der Waals surface area contributed by atoms with E-state index in [-0.39, 0.29) is 5.91 Å². The van der Waals surface area contributed by atoms with Gasteiger partial charge in [-0.25, -0.2) is 0 Å². The van der Waals surface area contributed by atoms with Gasteiger partial charge in [-0.05, 0) is 63.4 Å². The van der Waals surface area contributed by atoms with Crippen LogP contribution < -0.4 is 5.32 Å². The molecule has 1 aromatic rings. The van der Waals surface area contributed by atoms with Crippen LogP contribution in [0.4, 0.5) is 0 Å². The summed E-state index contributed by atoms with van der Waals surface area (Å²) in [6.07, 6.45) is 9.29. The molecular weight excluding hydrogens is 404 g/mol. The van der Waals surface area contributed by atoms with Crippen LogP contribution in [-0.4, -0.2) is 50.2 Å². The molecule has 1 saturated carbocycles. The van der Waals surface area contributed by atoms with Gasteiger partial charge in [0.1, 0.15) is 0 Å². The Kier molecular flexibility index (Phi) is 7.74. The lowest BCUT2D eigenvalue weighted by Gasteiger charge is -2.36. The molecule has 0 unspecified atom stereocenters. The topological polar surface area (TPSA) is 41.6 Å². The molecule has 0 aromatic heterocycles. The van der Waals surface area contributed by atoms with Crippen molar-refractivity contribution in [3.63, 3.8) is 0 Å². The van der Waals surface area contributed by atoms with Gasteiger partial charge < -0.3 is 15.0 Å². The molecule has 1 aliphatic carbocycles. The van der Waals surface area contributed by atoms with E-state index in [0.29, 0.717) is 13.2 Å². The van der Waals surface area contributed by atoms with E-state index in [2.05, 4.69) is 45.3 Å². The average Bonchev–Trinajstić information content (AvgIpc) is 2.72. The highest BCUT2D eigenvalue weighted by molar-refractivity contribution is 9.10. The lowest BCUT2D eigenvalue weighted by molar-refractivity contribution is -0.130. The molecule has 3 rings (SSSR count). The molecular formula is C22H33BrN2O2. The predicted molar refractivity (Wildman–Crippen MR) is 113 cm³/mol. The van der Waals surface area contributed by atoms with Crippen LogP contribution in [0.25, 0.3) is 0 Å². The number of amides is 1. The summed E-state index contributed by atoms with van der Waals surface area (Å²) in [5.74, 6) is 0.161. The second kappa shape index (κ2) is 10.0. The zero-order valence-electron chi connectivity index (χ0n) is 16.5. The number of carbonyl (C=O) groups is 1. The van der Waals surface area contributed by atoms with Crippen LogP contribution in [-0.2, 0) is 14.9 Å². The Hall–Kier alpha value is -0.910. The van der Waals surface area contributed by atoms with Crippen molar-refractivity contribution in [3.05, 3.63) is 34.3 Å². The molecule has 1 heterocycles. The number of halogens is 1. The minimum atomic E-state index is -0.450. The first-order chi connectivity index (χ1) is 13.1. The normalized spacial score (nSPS) is 20.6. The molecule has 1 amide bonds. The van der Waals surface area contributed by atoms with Gasteiger partial charge in [0.05, 0.1) is 5.41 Å². The van der Waals surface area contributed by atoms with E-state index in [1.165, 1.54) is 32.1 Å². The van der Waals surface area contributed by atoms with E-state index >= 15 is 0 Å². The van der Waals surface area contributed by atoms with Crippen molar-refractivity contribution in [1.82, 2.24) is 10.2 Å². The molecule has 5 heteroatoms. The molecule has 1 N–H and O–H groups in total. The van der Waals surface area contributed by atoms with E-state index in [1.54, 1.807) is 0 Å². The van der Waals surface area contributed by atoms with Crippen molar-refractivity contribution in [2.24, 2.45) is 0 Å². The third-order valence-electron chi connectivity index (χ3n) is 6.35. The van der Waals surface area contributed by atoms with Gasteiger partial charge in [0.25, 0.3) is 0 Å². The summed E-state index contributed by atoms with van der Waals surface area (Å²) in [5.41, 5.74) is 0.652. The van der Waals surface area contributed by atoms with E-state index in [9.17, 15) is 4.79 Å². The van der Waals surface area contributed by atoms with Crippen molar-refractivity contribution in [2.45, 2.75) is 62.8 Å². The molecule has 150 valence electrons. The van der Waals surface area contributed by atoms with Crippen molar-refractivity contribution in [3.8, 4) is 0 Å². The first-order valence-corrected chi connectivity index (χ1v) is 11.2. The lowest BCUT2D eigenvalue weighted by Crippen LogP contribution is -2.48. The second-order valence-electron chi connectivity index (χ2n) is 8.08. The number of carbonyl (C=O) groups excluding carboxylic acids is 1. The van der Waals surface area contributed by atoms with Gasteiger partial charge in [0.2, 0.25) is 5.91 Å². The molecule has 1 aliphatic heterocycles. The maximum Gasteiger partial charge on any atom is 0.230 e. The van der Waals surface area contributed by atoms with Crippen LogP contribution in [0, 0.1) is 0 Å². The molecule has 0 atom stereocenters. The van der Waals surface area contributed by atoms with Gasteiger partial charge in [0.15, 0.2) is 0 Å². The number of nitrogens with one attached hydrogen (secondary N) is 1. The van der Waals surface area contributed by atoms with Crippen LogP contribution in [0.15, 0.2) is 28.7 Å². The second-order valence-corrected chi connectivity index (χ2v) is 9.00. The first kappa shape index (κ1) is 20.8. The summed E-state index contributed by atoms with van der Waals surface area (Å²) in [6, 6.07) is 8.94. The Morgan fingerprint density at radius 3 is 2.52 bits per heavy atom. The molecule has 4 nitrogen and oxygen atoms in total. The smallest absolute Gasteiger partial charge is 0.230 e. The van der Waals surface area contributed by atoms with E-state index in [0.717, 1.165) is 48.4 Å². The Morgan fingerprint density at radius 1 is 1.19 bits per heavy atom. The third kappa shape index (κ3) is 5.33. The number of hydrogen-bond acceptors (Lipinski definition) is 3. The van der Waals surface area contributed by atoms with E-state index in [4.69, 9.17) is 4.74 Å². The zero-order chi connectivity index (χ0) is 19.1. The average molecular weight is 437 g/mol. The summed E-state index contributed by atoms with van der Waals surface area (Å²) in [6.45, 7) is 3.09. The number of nitrogens with zero attached hydrogens (tertiary/aromatic N) is 1. The highest BCUT2D eigenvalue weighted by Gasteiger charge is 2.41. The van der Waals surface area contributed by atoms with Crippen LogP contribution in [0.5, 0.6) is 0 Å². The standard InChI is InChI=1S/C22H33BrN2O2/c1-25(20-6-3-2-4-7-20)15-5-14-24-21(26)22(12-16-27-17-13-22)18-8-10-19(23)11-9-18/h8-11,20H,2-7,12-17H2,1H3,(H,24,26). The van der Waals surface area contributed by atoms with Gasteiger partial charge in [-0.1, -0.05) is 47.3 Å².